The molecule has 0 fully saturated rings. The molecule has 0 aromatic heterocycles. The number of carboxylic acid groups (broad SMARTS) is 1. The van der Waals surface area contributed by atoms with Crippen molar-refractivity contribution in [2.24, 2.45) is 5.73 Å². The predicted molar refractivity (Wildman–Crippen MR) is 72.7 cm³/mol. The molecule has 3 N–H and O–H groups in total. The molecule has 0 aliphatic carbocycles. The number of benzene rings is 1. The molecule has 0 amide bonds. The zero-order chi connectivity index (χ0) is 14.3. The summed E-state index contributed by atoms with van der Waals surface area (Å²) in [5, 5.41) is 8.79. The molecule has 1 rings (SSSR count). The van der Waals surface area contributed by atoms with E-state index in [1.54, 1.807) is 19.2 Å². The lowest BCUT2D eigenvalue weighted by molar-refractivity contribution is -0.138. The average molecular weight is 267 g/mol. The third-order valence-electron chi connectivity index (χ3n) is 2.76. The van der Waals surface area contributed by atoms with Crippen LogP contribution in [0.2, 0.25) is 0 Å². The van der Waals surface area contributed by atoms with Crippen molar-refractivity contribution in [2.75, 3.05) is 13.7 Å². The number of aliphatic carboxylic acids is 1. The molecular formula is C14H21NO4. The van der Waals surface area contributed by atoms with Gasteiger partial charge in [-0.25, -0.2) is 0 Å². The van der Waals surface area contributed by atoms with Gasteiger partial charge in [-0.1, -0.05) is 19.4 Å². The van der Waals surface area contributed by atoms with Crippen LogP contribution in [0, 0.1) is 0 Å². The van der Waals surface area contributed by atoms with Gasteiger partial charge in [-0.05, 0) is 30.5 Å². The maximum atomic E-state index is 10.7. The van der Waals surface area contributed by atoms with E-state index >= 15 is 0 Å². The number of methoxy groups -OCH3 is 1. The van der Waals surface area contributed by atoms with Gasteiger partial charge in [-0.2, -0.15) is 0 Å². The van der Waals surface area contributed by atoms with Crippen molar-refractivity contribution >= 4 is 5.97 Å². The molecule has 19 heavy (non-hydrogen) atoms. The quantitative estimate of drug-likeness (QED) is 0.702. The Morgan fingerprint density at radius 2 is 2.16 bits per heavy atom. The van der Waals surface area contributed by atoms with Gasteiger partial charge in [0.2, 0.25) is 0 Å². The molecule has 0 heterocycles. The molecule has 106 valence electrons. The summed E-state index contributed by atoms with van der Waals surface area (Å²) in [4.78, 5) is 10.7. The van der Waals surface area contributed by atoms with E-state index in [0.29, 0.717) is 18.1 Å². The number of unbranched alkanes of at least 4 members (excludes halogenated alkanes) is 1. The third-order valence-corrected chi connectivity index (χ3v) is 2.76. The molecule has 0 bridgehead atoms. The zero-order valence-electron chi connectivity index (χ0n) is 11.4. The fraction of sp³-hybridized carbons (Fsp3) is 0.500. The Bertz CT molecular complexity index is 420. The summed E-state index contributed by atoms with van der Waals surface area (Å²) in [6.07, 6.45) is 2.31. The van der Waals surface area contributed by atoms with Crippen molar-refractivity contribution in [1.29, 1.82) is 0 Å². The smallest absolute Gasteiger partial charge is 0.320 e. The number of hydrogen-bond acceptors (Lipinski definition) is 4. The summed E-state index contributed by atoms with van der Waals surface area (Å²) in [6.45, 7) is 2.73. The molecule has 5 nitrogen and oxygen atoms in total. The monoisotopic (exact) mass is 267 g/mol. The minimum Gasteiger partial charge on any atom is -0.493 e. The van der Waals surface area contributed by atoms with Crippen molar-refractivity contribution in [3.8, 4) is 11.5 Å². The van der Waals surface area contributed by atoms with Crippen molar-refractivity contribution in [1.82, 2.24) is 0 Å². The number of hydrogen-bond donors (Lipinski definition) is 2. The molecule has 0 aliphatic heterocycles. The highest BCUT2D eigenvalue weighted by Crippen LogP contribution is 2.28. The molecule has 1 unspecified atom stereocenters. The van der Waals surface area contributed by atoms with Crippen molar-refractivity contribution in [3.05, 3.63) is 23.8 Å². The number of carbonyl (C=O) groups is 1. The lowest BCUT2D eigenvalue weighted by atomic mass is 10.1. The fourth-order valence-electron chi connectivity index (χ4n) is 1.63. The lowest BCUT2D eigenvalue weighted by Crippen LogP contribution is -2.32. The van der Waals surface area contributed by atoms with Crippen LogP contribution in [0.4, 0.5) is 0 Å². The minimum absolute atomic E-state index is 0.265. The highest BCUT2D eigenvalue weighted by molar-refractivity contribution is 5.73. The Morgan fingerprint density at radius 3 is 2.74 bits per heavy atom. The van der Waals surface area contributed by atoms with Gasteiger partial charge in [-0.15, -0.1) is 0 Å². The Morgan fingerprint density at radius 1 is 1.42 bits per heavy atom. The summed E-state index contributed by atoms with van der Waals surface area (Å²) < 4.78 is 10.8. The number of nitrogens with two attached hydrogens (primary N) is 1. The van der Waals surface area contributed by atoms with Crippen molar-refractivity contribution in [3.63, 3.8) is 0 Å². The van der Waals surface area contributed by atoms with Gasteiger partial charge in [0.05, 0.1) is 13.7 Å². The van der Waals surface area contributed by atoms with E-state index in [9.17, 15) is 4.79 Å². The summed E-state index contributed by atoms with van der Waals surface area (Å²) >= 11 is 0. The summed E-state index contributed by atoms with van der Waals surface area (Å²) in [6, 6.07) is 4.46. The first-order chi connectivity index (χ1) is 9.08. The van der Waals surface area contributed by atoms with Gasteiger partial charge >= 0.3 is 5.97 Å². The molecule has 5 heteroatoms. The Labute approximate surface area is 113 Å². The maximum absolute atomic E-state index is 10.7. The van der Waals surface area contributed by atoms with E-state index in [-0.39, 0.29) is 6.42 Å². The van der Waals surface area contributed by atoms with Crippen LogP contribution in [0.3, 0.4) is 0 Å². The summed E-state index contributed by atoms with van der Waals surface area (Å²) in [5.74, 6) is 0.261. The highest BCUT2D eigenvalue weighted by atomic mass is 16.5. The van der Waals surface area contributed by atoms with Gasteiger partial charge in [0.1, 0.15) is 6.04 Å². The van der Waals surface area contributed by atoms with Crippen LogP contribution >= 0.6 is 0 Å². The molecule has 1 atom stereocenters. The SMILES string of the molecule is CCCCOc1ccc(CC(N)C(=O)O)cc1OC. The molecule has 0 radical (unpaired) electrons. The molecule has 0 saturated carbocycles. The second-order valence-corrected chi connectivity index (χ2v) is 4.34. The lowest BCUT2D eigenvalue weighted by Gasteiger charge is -2.13. The normalized spacial score (nSPS) is 11.9. The van der Waals surface area contributed by atoms with Crippen LogP contribution in [0.25, 0.3) is 0 Å². The number of ether oxygens (including phenoxy) is 2. The number of carboxylic acids is 1. The first-order valence-electron chi connectivity index (χ1n) is 6.36. The maximum Gasteiger partial charge on any atom is 0.320 e. The van der Waals surface area contributed by atoms with Crippen LogP contribution in [-0.4, -0.2) is 30.8 Å². The van der Waals surface area contributed by atoms with Gasteiger partial charge < -0.3 is 20.3 Å². The first-order valence-corrected chi connectivity index (χ1v) is 6.36. The second-order valence-electron chi connectivity index (χ2n) is 4.34. The molecular weight excluding hydrogens is 246 g/mol. The second kappa shape index (κ2) is 7.63. The van der Waals surface area contributed by atoms with E-state index in [1.165, 1.54) is 0 Å². The van der Waals surface area contributed by atoms with Crippen molar-refractivity contribution < 1.29 is 19.4 Å². The standard InChI is InChI=1S/C14H21NO4/c1-3-4-7-19-12-6-5-10(9-13(12)18-2)8-11(15)14(16)17/h5-6,9,11H,3-4,7-8,15H2,1-2H3,(H,16,17). The van der Waals surface area contributed by atoms with Crippen LogP contribution in [0.15, 0.2) is 18.2 Å². The van der Waals surface area contributed by atoms with Crippen LogP contribution in [0.1, 0.15) is 25.3 Å². The predicted octanol–water partition coefficient (Wildman–Crippen LogP) is 1.83. The molecule has 1 aromatic carbocycles. The molecule has 1 aromatic rings. The van der Waals surface area contributed by atoms with E-state index in [2.05, 4.69) is 6.92 Å². The van der Waals surface area contributed by atoms with Gasteiger partial charge in [-0.3, -0.25) is 4.79 Å². The largest absolute Gasteiger partial charge is 0.493 e. The Kier molecular flexibility index (Phi) is 6.15. The minimum atomic E-state index is -1.01. The van der Waals surface area contributed by atoms with Crippen LogP contribution in [-0.2, 0) is 11.2 Å². The summed E-state index contributed by atoms with van der Waals surface area (Å²) in [7, 11) is 1.56. The average Bonchev–Trinajstić information content (AvgIpc) is 2.40. The van der Waals surface area contributed by atoms with Crippen molar-refractivity contribution in [2.45, 2.75) is 32.2 Å². The first kappa shape index (κ1) is 15.3. The van der Waals surface area contributed by atoms with E-state index < -0.39 is 12.0 Å². The van der Waals surface area contributed by atoms with E-state index in [1.807, 2.05) is 6.07 Å². The van der Waals surface area contributed by atoms with E-state index in [0.717, 1.165) is 18.4 Å². The third kappa shape index (κ3) is 4.79. The Balaban J connectivity index is 2.74. The van der Waals surface area contributed by atoms with Crippen LogP contribution < -0.4 is 15.2 Å². The molecule has 0 saturated heterocycles. The van der Waals surface area contributed by atoms with Crippen LogP contribution in [0.5, 0.6) is 11.5 Å². The topological polar surface area (TPSA) is 81.8 Å². The van der Waals surface area contributed by atoms with E-state index in [4.69, 9.17) is 20.3 Å². The number of rotatable bonds is 8. The highest BCUT2D eigenvalue weighted by Gasteiger charge is 2.14. The van der Waals surface area contributed by atoms with Gasteiger partial charge in [0.15, 0.2) is 11.5 Å². The van der Waals surface area contributed by atoms with Gasteiger partial charge in [0, 0.05) is 0 Å². The summed E-state index contributed by atoms with van der Waals surface area (Å²) in [5.41, 5.74) is 6.32. The molecule has 0 aliphatic rings. The zero-order valence-corrected chi connectivity index (χ0v) is 11.4. The van der Waals surface area contributed by atoms with Gasteiger partial charge in [0.25, 0.3) is 0 Å². The fourth-order valence-corrected chi connectivity index (χ4v) is 1.63. The Hall–Kier alpha value is -1.75. The molecule has 0 spiro atoms.